The molecule has 3 amide bonds. The average molecular weight is 579 g/mol. The number of hydrazone groups is 1. The maximum absolute atomic E-state index is 12.6. The van der Waals surface area contributed by atoms with E-state index in [1.807, 2.05) is 6.92 Å². The molecule has 1 heterocycles. The van der Waals surface area contributed by atoms with Crippen LogP contribution in [0.3, 0.4) is 0 Å². The van der Waals surface area contributed by atoms with Crippen molar-refractivity contribution >= 4 is 47.3 Å². The maximum Gasteiger partial charge on any atom is 0.338 e. The van der Waals surface area contributed by atoms with E-state index >= 15 is 0 Å². The first kappa shape index (κ1) is 29.6. The number of ether oxygens (including phenoxy) is 4. The minimum atomic E-state index is -0.778. The summed E-state index contributed by atoms with van der Waals surface area (Å²) in [6.45, 7) is 5.31. The second-order valence-electron chi connectivity index (χ2n) is 8.02. The first-order valence-corrected chi connectivity index (χ1v) is 12.6. The van der Waals surface area contributed by atoms with E-state index in [0.29, 0.717) is 39.2 Å². The fourth-order valence-corrected chi connectivity index (χ4v) is 4.29. The van der Waals surface area contributed by atoms with Gasteiger partial charge in [0, 0.05) is 16.3 Å². The van der Waals surface area contributed by atoms with Gasteiger partial charge in [-0.05, 0) is 50.6 Å². The minimum Gasteiger partial charge on any atom is -0.493 e. The number of hydrogen-bond acceptors (Lipinski definition) is 8. The third kappa shape index (κ3) is 7.55. The predicted octanol–water partition coefficient (Wildman–Crippen LogP) is 4.12. The third-order valence-corrected chi connectivity index (χ3v) is 5.86. The van der Waals surface area contributed by atoms with E-state index in [1.165, 1.54) is 13.3 Å². The Bertz CT molecular complexity index is 1310. The van der Waals surface area contributed by atoms with Crippen molar-refractivity contribution in [3.8, 4) is 17.2 Å². The Morgan fingerprint density at radius 3 is 2.56 bits per heavy atom. The van der Waals surface area contributed by atoms with Gasteiger partial charge in [-0.2, -0.15) is 5.10 Å². The molecule has 2 aromatic rings. The first-order valence-electron chi connectivity index (χ1n) is 11.9. The highest BCUT2D eigenvalue weighted by Crippen LogP contribution is 2.35. The van der Waals surface area contributed by atoms with Crippen molar-refractivity contribution in [3.63, 3.8) is 0 Å². The summed E-state index contributed by atoms with van der Waals surface area (Å²) in [5.74, 6) is -0.162. The molecule has 208 valence electrons. The van der Waals surface area contributed by atoms with Crippen molar-refractivity contribution < 1.29 is 33.3 Å². The summed E-state index contributed by atoms with van der Waals surface area (Å²) in [6, 6.07) is 6.73. The van der Waals surface area contributed by atoms with Gasteiger partial charge in [-0.3, -0.25) is 4.79 Å². The van der Waals surface area contributed by atoms with Crippen LogP contribution in [-0.4, -0.2) is 51.1 Å². The maximum atomic E-state index is 12.6. The molecule has 0 spiro atoms. The number of rotatable bonds is 11. The molecule has 0 fully saturated rings. The molecule has 0 saturated heterocycles. The summed E-state index contributed by atoms with van der Waals surface area (Å²) in [6.07, 6.45) is 1.36. The highest BCUT2D eigenvalue weighted by atomic mass is 35.5. The van der Waals surface area contributed by atoms with E-state index in [4.69, 9.17) is 42.1 Å². The van der Waals surface area contributed by atoms with Gasteiger partial charge < -0.3 is 29.6 Å². The molecule has 3 N–H and O–H groups in total. The summed E-state index contributed by atoms with van der Waals surface area (Å²) in [7, 11) is 1.43. The van der Waals surface area contributed by atoms with Crippen LogP contribution >= 0.6 is 23.2 Å². The van der Waals surface area contributed by atoms with Crippen LogP contribution in [0.15, 0.2) is 46.7 Å². The van der Waals surface area contributed by atoms with E-state index in [0.717, 1.165) is 0 Å². The number of halogens is 2. The SMILES string of the molecule is CCOC(=O)C1=C(C)NC(=O)N[C@H]1c1ccc(OCC(=O)N/N=C/c2cc(Cl)cc(Cl)c2OCC)c(OC)c1. The van der Waals surface area contributed by atoms with Crippen molar-refractivity contribution in [2.75, 3.05) is 26.9 Å². The van der Waals surface area contributed by atoms with Crippen LogP contribution < -0.4 is 30.3 Å². The van der Waals surface area contributed by atoms with E-state index in [9.17, 15) is 14.4 Å². The average Bonchev–Trinajstić information content (AvgIpc) is 2.88. The Morgan fingerprint density at radius 1 is 1.10 bits per heavy atom. The summed E-state index contributed by atoms with van der Waals surface area (Å²) >= 11 is 12.2. The van der Waals surface area contributed by atoms with Crippen molar-refractivity contribution in [1.29, 1.82) is 0 Å². The molecule has 0 bridgehead atoms. The zero-order valence-corrected chi connectivity index (χ0v) is 23.2. The number of methoxy groups -OCH3 is 1. The first-order chi connectivity index (χ1) is 18.7. The lowest BCUT2D eigenvalue weighted by Gasteiger charge is -2.28. The minimum absolute atomic E-state index is 0.180. The molecular formula is C26H28Cl2N4O7. The molecule has 13 heteroatoms. The zero-order valence-electron chi connectivity index (χ0n) is 21.7. The largest absolute Gasteiger partial charge is 0.493 e. The van der Waals surface area contributed by atoms with Gasteiger partial charge in [-0.1, -0.05) is 29.3 Å². The van der Waals surface area contributed by atoms with Crippen LogP contribution in [0, 0.1) is 0 Å². The van der Waals surface area contributed by atoms with Crippen LogP contribution in [0.1, 0.15) is 37.9 Å². The lowest BCUT2D eigenvalue weighted by molar-refractivity contribution is -0.139. The standard InChI is InChI=1S/C26H28Cl2N4O7/c1-5-37-24-16(9-17(27)11-18(24)28)12-29-32-21(33)13-39-19-8-7-15(10-20(19)36-4)23-22(25(34)38-6-2)14(3)30-26(35)31-23/h7-12,23H,5-6,13H2,1-4H3,(H,32,33)(H2,30,31,35)/b29-12+/t23-/m0/s1. The number of amides is 3. The lowest BCUT2D eigenvalue weighted by atomic mass is 9.95. The number of nitrogens with one attached hydrogen (secondary N) is 3. The highest BCUT2D eigenvalue weighted by molar-refractivity contribution is 6.36. The Labute approximate surface area is 235 Å². The monoisotopic (exact) mass is 578 g/mol. The van der Waals surface area contributed by atoms with E-state index in [-0.39, 0.29) is 30.3 Å². The molecule has 39 heavy (non-hydrogen) atoms. The molecule has 1 aliphatic heterocycles. The normalized spacial score (nSPS) is 14.9. The molecule has 2 aromatic carbocycles. The van der Waals surface area contributed by atoms with Crippen molar-refractivity contribution in [1.82, 2.24) is 16.1 Å². The van der Waals surface area contributed by atoms with Gasteiger partial charge in [0.05, 0.1) is 43.2 Å². The second kappa shape index (κ2) is 13.7. The Balaban J connectivity index is 1.70. The number of nitrogens with zero attached hydrogens (tertiary/aromatic N) is 1. The van der Waals surface area contributed by atoms with Crippen molar-refractivity contribution in [2.24, 2.45) is 5.10 Å². The van der Waals surface area contributed by atoms with Crippen LogP contribution in [0.2, 0.25) is 10.0 Å². The van der Waals surface area contributed by atoms with E-state index in [2.05, 4.69) is 21.2 Å². The molecule has 11 nitrogen and oxygen atoms in total. The number of esters is 1. The smallest absolute Gasteiger partial charge is 0.338 e. The second-order valence-corrected chi connectivity index (χ2v) is 8.87. The molecule has 1 atom stereocenters. The topological polar surface area (TPSA) is 137 Å². The summed E-state index contributed by atoms with van der Waals surface area (Å²) in [5, 5.41) is 9.93. The molecule has 0 radical (unpaired) electrons. The quantitative estimate of drug-likeness (QED) is 0.207. The van der Waals surface area contributed by atoms with E-state index < -0.39 is 23.9 Å². The van der Waals surface area contributed by atoms with Crippen LogP contribution in [0.25, 0.3) is 0 Å². The van der Waals surface area contributed by atoms with Gasteiger partial charge in [0.15, 0.2) is 18.1 Å². The molecule has 1 aliphatic rings. The number of hydrogen-bond donors (Lipinski definition) is 3. The summed E-state index contributed by atoms with van der Waals surface area (Å²) in [4.78, 5) is 37.0. The van der Waals surface area contributed by atoms with Crippen molar-refractivity contribution in [3.05, 3.63) is 62.8 Å². The zero-order chi connectivity index (χ0) is 28.5. The Kier molecular flexibility index (Phi) is 10.4. The van der Waals surface area contributed by atoms with Gasteiger partial charge in [0.25, 0.3) is 5.91 Å². The summed E-state index contributed by atoms with van der Waals surface area (Å²) in [5.41, 5.74) is 4.05. The predicted molar refractivity (Wildman–Crippen MR) is 146 cm³/mol. The molecule has 0 saturated carbocycles. The van der Waals surface area contributed by atoms with Crippen molar-refractivity contribution in [2.45, 2.75) is 26.8 Å². The molecular weight excluding hydrogens is 551 g/mol. The highest BCUT2D eigenvalue weighted by Gasteiger charge is 2.32. The lowest BCUT2D eigenvalue weighted by Crippen LogP contribution is -2.45. The van der Waals surface area contributed by atoms with Gasteiger partial charge >= 0.3 is 12.0 Å². The molecule has 3 rings (SSSR count). The molecule has 0 aromatic heterocycles. The number of urea groups is 1. The number of carbonyl (C=O) groups excluding carboxylic acids is 3. The van der Waals surface area contributed by atoms with Gasteiger partial charge in [-0.15, -0.1) is 0 Å². The molecule has 0 aliphatic carbocycles. The van der Waals surface area contributed by atoms with Gasteiger partial charge in [-0.25, -0.2) is 15.0 Å². The van der Waals surface area contributed by atoms with Crippen LogP contribution in [0.4, 0.5) is 4.79 Å². The number of carbonyl (C=O) groups is 3. The summed E-state index contributed by atoms with van der Waals surface area (Å²) < 4.78 is 21.7. The van der Waals surface area contributed by atoms with Crippen LogP contribution in [0.5, 0.6) is 17.2 Å². The van der Waals surface area contributed by atoms with Gasteiger partial charge in [0.1, 0.15) is 5.75 Å². The number of allylic oxidation sites excluding steroid dienone is 1. The fraction of sp³-hybridized carbons (Fsp3) is 0.308. The third-order valence-electron chi connectivity index (χ3n) is 5.36. The van der Waals surface area contributed by atoms with E-state index in [1.54, 1.807) is 44.2 Å². The van der Waals surface area contributed by atoms with Gasteiger partial charge in [0.2, 0.25) is 0 Å². The Morgan fingerprint density at radius 2 is 1.87 bits per heavy atom. The molecule has 0 unspecified atom stereocenters. The fourth-order valence-electron chi connectivity index (χ4n) is 3.73. The number of benzene rings is 2. The Hall–Kier alpha value is -3.96. The van der Waals surface area contributed by atoms with Crippen LogP contribution in [-0.2, 0) is 14.3 Å².